The zero-order valence-electron chi connectivity index (χ0n) is 15.8. The van der Waals surface area contributed by atoms with Gasteiger partial charge < -0.3 is 4.42 Å². The van der Waals surface area contributed by atoms with Crippen LogP contribution >= 0.6 is 0 Å². The van der Waals surface area contributed by atoms with Crippen molar-refractivity contribution in [2.24, 2.45) is 0 Å². The normalized spacial score (nSPS) is 11.4. The molecule has 0 saturated carbocycles. The highest BCUT2D eigenvalue weighted by Crippen LogP contribution is 2.44. The fraction of sp³-hybridized carbons (Fsp3) is 0. The molecule has 0 aliphatic heterocycles. The molecule has 0 unspecified atom stereocenters. The van der Waals surface area contributed by atoms with Gasteiger partial charge in [-0.05, 0) is 39.2 Å². The Kier molecular flexibility index (Phi) is 3.54. The molecule has 0 radical (unpaired) electrons. The van der Waals surface area contributed by atoms with Crippen LogP contribution in [0.1, 0.15) is 0 Å². The number of hydrogen-bond acceptors (Lipinski definition) is 1. The van der Waals surface area contributed by atoms with Crippen molar-refractivity contribution in [2.45, 2.75) is 0 Å². The van der Waals surface area contributed by atoms with Crippen molar-refractivity contribution in [3.05, 3.63) is 109 Å². The minimum absolute atomic E-state index is 0.922. The lowest BCUT2D eigenvalue weighted by Gasteiger charge is -2.07. The molecule has 1 nitrogen and oxygen atoms in total. The monoisotopic (exact) mass is 370 g/mol. The first-order valence-corrected chi connectivity index (χ1v) is 9.87. The maximum atomic E-state index is 6.46. The third-order valence-corrected chi connectivity index (χ3v) is 5.65. The highest BCUT2D eigenvalue weighted by atomic mass is 16.3. The van der Waals surface area contributed by atoms with Crippen molar-refractivity contribution >= 4 is 32.5 Å². The second-order valence-corrected chi connectivity index (χ2v) is 7.39. The summed E-state index contributed by atoms with van der Waals surface area (Å²) >= 11 is 0. The van der Waals surface area contributed by atoms with Gasteiger partial charge >= 0.3 is 0 Å². The second kappa shape index (κ2) is 6.35. The van der Waals surface area contributed by atoms with E-state index in [1.54, 1.807) is 0 Å². The second-order valence-electron chi connectivity index (χ2n) is 7.39. The molecule has 1 heterocycles. The molecule has 0 bridgehead atoms. The average molecular weight is 370 g/mol. The van der Waals surface area contributed by atoms with Gasteiger partial charge in [-0.1, -0.05) is 97.1 Å². The molecule has 0 N–H and O–H groups in total. The lowest BCUT2D eigenvalue weighted by atomic mass is 9.94. The Morgan fingerprint density at radius 1 is 0.483 bits per heavy atom. The van der Waals surface area contributed by atoms with Crippen LogP contribution in [0.2, 0.25) is 0 Å². The van der Waals surface area contributed by atoms with Gasteiger partial charge in [0.05, 0.1) is 0 Å². The molecule has 1 heteroatoms. The van der Waals surface area contributed by atoms with E-state index in [1.165, 1.54) is 32.5 Å². The third kappa shape index (κ3) is 2.55. The standard InChI is InChI=1S/C28H18O/c1-2-10-21(11-3-1)28-26(23-15-14-19-8-4-5-12-22(19)18-23)27-24-13-7-6-9-20(24)16-17-25(27)29-28/h1-18H. The molecule has 6 rings (SSSR count). The molecule has 0 spiro atoms. The molecular formula is C28H18O. The molecule has 0 fully saturated rings. The van der Waals surface area contributed by atoms with Gasteiger partial charge in [0, 0.05) is 16.5 Å². The van der Waals surface area contributed by atoms with E-state index < -0.39 is 0 Å². The fourth-order valence-electron chi connectivity index (χ4n) is 4.28. The zero-order valence-corrected chi connectivity index (χ0v) is 15.8. The van der Waals surface area contributed by atoms with Crippen LogP contribution < -0.4 is 0 Å². The van der Waals surface area contributed by atoms with E-state index in [2.05, 4.69) is 103 Å². The minimum atomic E-state index is 0.922. The maximum absolute atomic E-state index is 6.46. The maximum Gasteiger partial charge on any atom is 0.143 e. The van der Waals surface area contributed by atoms with E-state index in [0.29, 0.717) is 0 Å². The van der Waals surface area contributed by atoms with E-state index >= 15 is 0 Å². The Morgan fingerprint density at radius 2 is 1.17 bits per heavy atom. The fourth-order valence-corrected chi connectivity index (χ4v) is 4.28. The van der Waals surface area contributed by atoms with E-state index in [1.807, 2.05) is 6.07 Å². The molecule has 0 aliphatic rings. The van der Waals surface area contributed by atoms with Gasteiger partial charge in [-0.25, -0.2) is 0 Å². The van der Waals surface area contributed by atoms with E-state index in [9.17, 15) is 0 Å². The number of furan rings is 1. The Bertz CT molecular complexity index is 1490. The summed E-state index contributed by atoms with van der Waals surface area (Å²) < 4.78 is 6.46. The van der Waals surface area contributed by atoms with Crippen molar-refractivity contribution in [2.75, 3.05) is 0 Å². The van der Waals surface area contributed by atoms with Gasteiger partial charge in [0.15, 0.2) is 0 Å². The summed E-state index contributed by atoms with van der Waals surface area (Å²) in [5.41, 5.74) is 4.35. The van der Waals surface area contributed by atoms with Gasteiger partial charge in [0.1, 0.15) is 11.3 Å². The van der Waals surface area contributed by atoms with E-state index in [-0.39, 0.29) is 0 Å². The summed E-state index contributed by atoms with van der Waals surface area (Å²) in [6.07, 6.45) is 0. The lowest BCUT2D eigenvalue weighted by molar-refractivity contribution is 0.632. The first-order chi connectivity index (χ1) is 14.4. The molecule has 0 aliphatic carbocycles. The average Bonchev–Trinajstić information content (AvgIpc) is 3.19. The summed E-state index contributed by atoms with van der Waals surface area (Å²) in [5, 5.41) is 6.10. The Morgan fingerprint density at radius 3 is 2.03 bits per heavy atom. The van der Waals surface area contributed by atoms with Crippen molar-refractivity contribution in [3.63, 3.8) is 0 Å². The molecule has 1 aromatic heterocycles. The van der Waals surface area contributed by atoms with E-state index in [0.717, 1.165) is 22.5 Å². The van der Waals surface area contributed by atoms with Crippen molar-refractivity contribution in [1.82, 2.24) is 0 Å². The summed E-state index contributed by atoms with van der Waals surface area (Å²) in [5.74, 6) is 0.923. The molecule has 5 aromatic carbocycles. The summed E-state index contributed by atoms with van der Waals surface area (Å²) in [4.78, 5) is 0. The molecule has 29 heavy (non-hydrogen) atoms. The zero-order chi connectivity index (χ0) is 19.2. The number of benzene rings is 5. The van der Waals surface area contributed by atoms with Crippen molar-refractivity contribution in [1.29, 1.82) is 0 Å². The first-order valence-electron chi connectivity index (χ1n) is 9.87. The molecule has 136 valence electrons. The topological polar surface area (TPSA) is 13.1 Å². The Hall–Kier alpha value is -3.84. The lowest BCUT2D eigenvalue weighted by Crippen LogP contribution is -1.83. The largest absolute Gasteiger partial charge is 0.455 e. The van der Waals surface area contributed by atoms with Crippen LogP contribution in [0.25, 0.3) is 55.0 Å². The van der Waals surface area contributed by atoms with Crippen molar-refractivity contribution in [3.8, 4) is 22.5 Å². The molecule has 0 saturated heterocycles. The van der Waals surface area contributed by atoms with Crippen molar-refractivity contribution < 1.29 is 4.42 Å². The Balaban J connectivity index is 1.77. The Labute approximate surface area is 168 Å². The van der Waals surface area contributed by atoms with Crippen LogP contribution in [-0.2, 0) is 0 Å². The van der Waals surface area contributed by atoms with Crippen LogP contribution in [0.5, 0.6) is 0 Å². The predicted octanol–water partition coefficient (Wildman–Crippen LogP) is 8.07. The molecular weight excluding hydrogens is 352 g/mol. The first kappa shape index (κ1) is 16.1. The van der Waals surface area contributed by atoms with Crippen LogP contribution in [0.15, 0.2) is 114 Å². The molecule has 0 amide bonds. The summed E-state index contributed by atoms with van der Waals surface area (Å²) in [6, 6.07) is 38.3. The van der Waals surface area contributed by atoms with Gasteiger partial charge in [-0.3, -0.25) is 0 Å². The SMILES string of the molecule is c1ccc(-c2oc3ccc4ccccc4c3c2-c2ccc3ccccc3c2)cc1. The quantitative estimate of drug-likeness (QED) is 0.300. The summed E-state index contributed by atoms with van der Waals surface area (Å²) in [7, 11) is 0. The minimum Gasteiger partial charge on any atom is -0.455 e. The van der Waals surface area contributed by atoms with Crippen LogP contribution in [0.3, 0.4) is 0 Å². The van der Waals surface area contributed by atoms with Crippen LogP contribution in [0.4, 0.5) is 0 Å². The molecule has 6 aromatic rings. The predicted molar refractivity (Wildman–Crippen MR) is 122 cm³/mol. The summed E-state index contributed by atoms with van der Waals surface area (Å²) in [6.45, 7) is 0. The molecule has 0 atom stereocenters. The van der Waals surface area contributed by atoms with Gasteiger partial charge in [0.25, 0.3) is 0 Å². The van der Waals surface area contributed by atoms with Gasteiger partial charge in [-0.15, -0.1) is 0 Å². The third-order valence-electron chi connectivity index (χ3n) is 5.65. The smallest absolute Gasteiger partial charge is 0.143 e. The highest BCUT2D eigenvalue weighted by molar-refractivity contribution is 6.16. The number of fused-ring (bicyclic) bond motifs is 4. The van der Waals surface area contributed by atoms with Crippen LogP contribution in [-0.4, -0.2) is 0 Å². The van der Waals surface area contributed by atoms with Gasteiger partial charge in [0.2, 0.25) is 0 Å². The number of rotatable bonds is 2. The number of hydrogen-bond donors (Lipinski definition) is 0. The van der Waals surface area contributed by atoms with E-state index in [4.69, 9.17) is 4.42 Å². The van der Waals surface area contributed by atoms with Crippen LogP contribution in [0, 0.1) is 0 Å². The van der Waals surface area contributed by atoms with Gasteiger partial charge in [-0.2, -0.15) is 0 Å². The highest BCUT2D eigenvalue weighted by Gasteiger charge is 2.19.